The number of nitrogens with one attached hydrogen (secondary N) is 3. The van der Waals surface area contributed by atoms with Gasteiger partial charge < -0.3 is 20.7 Å². The summed E-state index contributed by atoms with van der Waals surface area (Å²) in [5, 5.41) is 8.57. The first-order valence-electron chi connectivity index (χ1n) is 8.11. The molecule has 0 bridgehead atoms. The predicted molar refractivity (Wildman–Crippen MR) is 100 cm³/mol. The lowest BCUT2D eigenvalue weighted by Gasteiger charge is -2.15. The van der Waals surface area contributed by atoms with Gasteiger partial charge in [-0.25, -0.2) is 0 Å². The lowest BCUT2D eigenvalue weighted by Crippen LogP contribution is -2.22. The Bertz CT molecular complexity index is 727. The standard InChI is InChI=1S/C19H23N3O3/c1-13(2)25-18-7-5-4-6-17(18)22-19(24)12-20-15-8-10-16(11-9-15)21-14(3)23/h4-11,13,20H,12H2,1-3H3,(H,21,23)(H,22,24). The summed E-state index contributed by atoms with van der Waals surface area (Å²) in [6, 6.07) is 14.5. The molecule has 0 aliphatic carbocycles. The number of ether oxygens (including phenoxy) is 1. The molecule has 0 aliphatic heterocycles. The molecule has 2 aromatic carbocycles. The predicted octanol–water partition coefficient (Wildman–Crippen LogP) is 3.48. The Morgan fingerprint density at radius 1 is 0.960 bits per heavy atom. The van der Waals surface area contributed by atoms with Gasteiger partial charge in [-0.15, -0.1) is 0 Å². The second kappa shape index (κ2) is 8.73. The molecule has 3 N–H and O–H groups in total. The molecule has 2 rings (SSSR count). The third-order valence-corrected chi connectivity index (χ3v) is 3.18. The molecule has 6 heteroatoms. The summed E-state index contributed by atoms with van der Waals surface area (Å²) >= 11 is 0. The van der Waals surface area contributed by atoms with Gasteiger partial charge in [0.25, 0.3) is 0 Å². The van der Waals surface area contributed by atoms with Gasteiger partial charge in [-0.3, -0.25) is 9.59 Å². The van der Waals surface area contributed by atoms with Crippen molar-refractivity contribution in [1.82, 2.24) is 0 Å². The van der Waals surface area contributed by atoms with Crippen LogP contribution in [0, 0.1) is 0 Å². The molecule has 25 heavy (non-hydrogen) atoms. The molecule has 0 atom stereocenters. The largest absolute Gasteiger partial charge is 0.489 e. The number of benzene rings is 2. The van der Waals surface area contributed by atoms with Crippen molar-refractivity contribution >= 4 is 28.9 Å². The molecule has 6 nitrogen and oxygen atoms in total. The Balaban J connectivity index is 1.90. The van der Waals surface area contributed by atoms with Crippen LogP contribution < -0.4 is 20.7 Å². The summed E-state index contributed by atoms with van der Waals surface area (Å²) < 4.78 is 5.68. The van der Waals surface area contributed by atoms with E-state index < -0.39 is 0 Å². The van der Waals surface area contributed by atoms with E-state index in [0.717, 1.165) is 5.69 Å². The topological polar surface area (TPSA) is 79.5 Å². The number of carbonyl (C=O) groups excluding carboxylic acids is 2. The molecule has 0 saturated heterocycles. The fourth-order valence-corrected chi connectivity index (χ4v) is 2.18. The van der Waals surface area contributed by atoms with Gasteiger partial charge in [0.2, 0.25) is 11.8 Å². The lowest BCUT2D eigenvalue weighted by molar-refractivity contribution is -0.115. The minimum absolute atomic E-state index is 0.0262. The highest BCUT2D eigenvalue weighted by Crippen LogP contribution is 2.24. The van der Waals surface area contributed by atoms with Gasteiger partial charge in [0.15, 0.2) is 0 Å². The highest BCUT2D eigenvalue weighted by Gasteiger charge is 2.08. The number of hydrogen-bond acceptors (Lipinski definition) is 4. The molecule has 0 saturated carbocycles. The number of hydrogen-bond donors (Lipinski definition) is 3. The number of carbonyl (C=O) groups is 2. The fourth-order valence-electron chi connectivity index (χ4n) is 2.18. The monoisotopic (exact) mass is 341 g/mol. The Morgan fingerprint density at radius 2 is 1.60 bits per heavy atom. The van der Waals surface area contributed by atoms with Gasteiger partial charge in [0.1, 0.15) is 5.75 Å². The van der Waals surface area contributed by atoms with Gasteiger partial charge in [0, 0.05) is 18.3 Å². The molecule has 0 spiro atoms. The first-order chi connectivity index (χ1) is 11.9. The first kappa shape index (κ1) is 18.3. The molecule has 0 aromatic heterocycles. The average molecular weight is 341 g/mol. The number of rotatable bonds is 7. The molecular formula is C19H23N3O3. The maximum atomic E-state index is 12.2. The van der Waals surface area contributed by atoms with E-state index in [1.54, 1.807) is 30.3 Å². The van der Waals surface area contributed by atoms with Crippen LogP contribution in [0.4, 0.5) is 17.1 Å². The van der Waals surface area contributed by atoms with Crippen LogP contribution in [0.1, 0.15) is 20.8 Å². The molecule has 0 radical (unpaired) electrons. The van der Waals surface area contributed by atoms with Crippen molar-refractivity contribution in [3.8, 4) is 5.75 Å². The Hall–Kier alpha value is -3.02. The minimum Gasteiger partial charge on any atom is -0.489 e. The summed E-state index contributed by atoms with van der Waals surface area (Å²) in [5.74, 6) is 0.346. The average Bonchev–Trinajstić information content (AvgIpc) is 2.55. The van der Waals surface area contributed by atoms with Crippen molar-refractivity contribution < 1.29 is 14.3 Å². The van der Waals surface area contributed by atoms with Gasteiger partial charge in [-0.05, 0) is 50.2 Å². The third-order valence-electron chi connectivity index (χ3n) is 3.18. The van der Waals surface area contributed by atoms with Crippen LogP contribution in [0.2, 0.25) is 0 Å². The van der Waals surface area contributed by atoms with Crippen LogP contribution in [-0.2, 0) is 9.59 Å². The second-order valence-electron chi connectivity index (χ2n) is 5.82. The van der Waals surface area contributed by atoms with Crippen molar-refractivity contribution in [2.24, 2.45) is 0 Å². The Labute approximate surface area is 147 Å². The van der Waals surface area contributed by atoms with E-state index in [2.05, 4.69) is 16.0 Å². The smallest absolute Gasteiger partial charge is 0.243 e. The normalized spacial score (nSPS) is 10.2. The molecule has 132 valence electrons. The zero-order chi connectivity index (χ0) is 18.2. The Kier molecular flexibility index (Phi) is 6.39. The van der Waals surface area contributed by atoms with Crippen molar-refractivity contribution in [3.05, 3.63) is 48.5 Å². The maximum absolute atomic E-state index is 12.2. The number of para-hydroxylation sites is 2. The third kappa shape index (κ3) is 6.18. The van der Waals surface area contributed by atoms with E-state index in [1.807, 2.05) is 32.0 Å². The van der Waals surface area contributed by atoms with Crippen molar-refractivity contribution in [2.75, 3.05) is 22.5 Å². The molecular weight excluding hydrogens is 318 g/mol. The zero-order valence-corrected chi connectivity index (χ0v) is 14.6. The maximum Gasteiger partial charge on any atom is 0.243 e. The van der Waals surface area contributed by atoms with Crippen molar-refractivity contribution in [1.29, 1.82) is 0 Å². The number of amides is 2. The van der Waals surface area contributed by atoms with E-state index >= 15 is 0 Å². The van der Waals surface area contributed by atoms with Gasteiger partial charge >= 0.3 is 0 Å². The molecule has 0 aliphatic rings. The van der Waals surface area contributed by atoms with E-state index in [4.69, 9.17) is 4.74 Å². The second-order valence-corrected chi connectivity index (χ2v) is 5.82. The summed E-state index contributed by atoms with van der Waals surface area (Å²) in [6.45, 7) is 5.45. The SMILES string of the molecule is CC(=O)Nc1ccc(NCC(=O)Nc2ccccc2OC(C)C)cc1. The summed E-state index contributed by atoms with van der Waals surface area (Å²) in [7, 11) is 0. The minimum atomic E-state index is -0.175. The summed E-state index contributed by atoms with van der Waals surface area (Å²) in [6.07, 6.45) is 0.0262. The van der Waals surface area contributed by atoms with Crippen LogP contribution in [0.25, 0.3) is 0 Å². The van der Waals surface area contributed by atoms with Crippen molar-refractivity contribution in [2.45, 2.75) is 26.9 Å². The van der Waals surface area contributed by atoms with Gasteiger partial charge in [0.05, 0.1) is 18.3 Å². The van der Waals surface area contributed by atoms with E-state index in [-0.39, 0.29) is 24.5 Å². The molecule has 0 unspecified atom stereocenters. The van der Waals surface area contributed by atoms with Crippen LogP contribution in [0.5, 0.6) is 5.75 Å². The van der Waals surface area contributed by atoms with Gasteiger partial charge in [-0.2, -0.15) is 0 Å². The number of anilines is 3. The van der Waals surface area contributed by atoms with Crippen LogP contribution in [0.15, 0.2) is 48.5 Å². The van der Waals surface area contributed by atoms with E-state index in [0.29, 0.717) is 17.1 Å². The molecule has 0 fully saturated rings. The lowest BCUT2D eigenvalue weighted by atomic mass is 10.2. The Morgan fingerprint density at radius 3 is 2.24 bits per heavy atom. The molecule has 2 aromatic rings. The fraction of sp³-hybridized carbons (Fsp3) is 0.263. The molecule has 2 amide bonds. The van der Waals surface area contributed by atoms with Crippen LogP contribution in [0.3, 0.4) is 0 Å². The van der Waals surface area contributed by atoms with Crippen LogP contribution in [-0.4, -0.2) is 24.5 Å². The van der Waals surface area contributed by atoms with Crippen molar-refractivity contribution in [3.63, 3.8) is 0 Å². The highest BCUT2D eigenvalue weighted by molar-refractivity contribution is 5.95. The van der Waals surface area contributed by atoms with Gasteiger partial charge in [-0.1, -0.05) is 12.1 Å². The quantitative estimate of drug-likeness (QED) is 0.720. The first-order valence-corrected chi connectivity index (χ1v) is 8.11. The highest BCUT2D eigenvalue weighted by atomic mass is 16.5. The summed E-state index contributed by atoms with van der Waals surface area (Å²) in [5.41, 5.74) is 2.14. The summed E-state index contributed by atoms with van der Waals surface area (Å²) in [4.78, 5) is 23.1. The molecule has 0 heterocycles. The van der Waals surface area contributed by atoms with Crippen LogP contribution >= 0.6 is 0 Å². The van der Waals surface area contributed by atoms with E-state index in [9.17, 15) is 9.59 Å². The zero-order valence-electron chi connectivity index (χ0n) is 14.6. The van der Waals surface area contributed by atoms with E-state index in [1.165, 1.54) is 6.92 Å².